The molecule has 1 atom stereocenters. The van der Waals surface area contributed by atoms with Crippen molar-refractivity contribution in [2.45, 2.75) is 25.9 Å². The molecule has 0 radical (unpaired) electrons. The van der Waals surface area contributed by atoms with Gasteiger partial charge in [0.05, 0.1) is 34.9 Å². The number of fused-ring (bicyclic) bond motifs is 5. The third-order valence-corrected chi connectivity index (χ3v) is 5.47. The number of para-hydroxylation sites is 2. The molecule has 0 aliphatic carbocycles. The molecule has 29 heavy (non-hydrogen) atoms. The third kappa shape index (κ3) is 3.24. The van der Waals surface area contributed by atoms with Gasteiger partial charge in [0.25, 0.3) is 0 Å². The van der Waals surface area contributed by atoms with Gasteiger partial charge in [0, 0.05) is 17.4 Å². The SMILES string of the molecule is Cc1nc2ccccc2c2c(NC(=O)COCC3CCCO3)c3ccccc3n12. The number of amides is 1. The predicted molar refractivity (Wildman–Crippen MR) is 113 cm³/mol. The van der Waals surface area contributed by atoms with Gasteiger partial charge in [-0.2, -0.15) is 0 Å². The highest BCUT2D eigenvalue weighted by Gasteiger charge is 2.19. The number of anilines is 1. The number of nitrogens with one attached hydrogen (secondary N) is 1. The molecule has 1 saturated heterocycles. The van der Waals surface area contributed by atoms with E-state index in [-0.39, 0.29) is 18.6 Å². The van der Waals surface area contributed by atoms with Crippen molar-refractivity contribution in [1.29, 1.82) is 0 Å². The Hall–Kier alpha value is -2.96. The Labute approximate surface area is 168 Å². The Kier molecular flexibility index (Phi) is 4.66. The van der Waals surface area contributed by atoms with Crippen molar-refractivity contribution >= 4 is 38.9 Å². The van der Waals surface area contributed by atoms with E-state index in [1.807, 2.05) is 49.4 Å². The van der Waals surface area contributed by atoms with Crippen LogP contribution in [-0.2, 0) is 14.3 Å². The minimum atomic E-state index is -0.167. The molecule has 5 rings (SSSR count). The number of rotatable bonds is 5. The fourth-order valence-corrected chi connectivity index (χ4v) is 4.19. The van der Waals surface area contributed by atoms with Crippen LogP contribution in [0.15, 0.2) is 48.5 Å². The zero-order valence-corrected chi connectivity index (χ0v) is 16.4. The van der Waals surface area contributed by atoms with E-state index in [4.69, 9.17) is 14.5 Å². The van der Waals surface area contributed by atoms with Crippen LogP contribution in [0.5, 0.6) is 0 Å². The van der Waals surface area contributed by atoms with Gasteiger partial charge in [-0.1, -0.05) is 36.4 Å². The number of ether oxygens (including phenoxy) is 2. The summed E-state index contributed by atoms with van der Waals surface area (Å²) in [5.74, 6) is 0.713. The summed E-state index contributed by atoms with van der Waals surface area (Å²) in [6, 6.07) is 16.1. The number of benzene rings is 2. The van der Waals surface area contributed by atoms with Crippen LogP contribution in [0.1, 0.15) is 18.7 Å². The van der Waals surface area contributed by atoms with Gasteiger partial charge in [-0.05, 0) is 31.9 Å². The molecule has 2 aromatic heterocycles. The second-order valence-electron chi connectivity index (χ2n) is 7.45. The summed E-state index contributed by atoms with van der Waals surface area (Å²) in [7, 11) is 0. The molecule has 1 amide bonds. The van der Waals surface area contributed by atoms with Crippen LogP contribution in [0.2, 0.25) is 0 Å². The topological polar surface area (TPSA) is 64.9 Å². The summed E-state index contributed by atoms with van der Waals surface area (Å²) in [4.78, 5) is 17.4. The largest absolute Gasteiger partial charge is 0.376 e. The number of nitrogens with zero attached hydrogens (tertiary/aromatic N) is 2. The molecule has 4 aromatic rings. The number of hydrogen-bond acceptors (Lipinski definition) is 4. The molecule has 1 fully saturated rings. The van der Waals surface area contributed by atoms with Crippen molar-refractivity contribution in [2.24, 2.45) is 0 Å². The summed E-state index contributed by atoms with van der Waals surface area (Å²) in [6.07, 6.45) is 2.16. The normalized spacial score (nSPS) is 16.8. The van der Waals surface area contributed by atoms with Crippen molar-refractivity contribution in [2.75, 3.05) is 25.1 Å². The molecular formula is C23H23N3O3. The number of hydrogen-bond donors (Lipinski definition) is 1. The van der Waals surface area contributed by atoms with Gasteiger partial charge < -0.3 is 14.8 Å². The van der Waals surface area contributed by atoms with Gasteiger partial charge in [-0.15, -0.1) is 0 Å². The maximum atomic E-state index is 12.7. The van der Waals surface area contributed by atoms with E-state index in [9.17, 15) is 4.79 Å². The zero-order chi connectivity index (χ0) is 19.8. The molecule has 2 aromatic carbocycles. The zero-order valence-electron chi connectivity index (χ0n) is 16.4. The minimum Gasteiger partial charge on any atom is -0.376 e. The maximum absolute atomic E-state index is 12.7. The second kappa shape index (κ2) is 7.46. The Balaban J connectivity index is 1.54. The van der Waals surface area contributed by atoms with Crippen molar-refractivity contribution in [1.82, 2.24) is 9.38 Å². The fraction of sp³-hybridized carbons (Fsp3) is 0.304. The first-order valence-corrected chi connectivity index (χ1v) is 10.00. The van der Waals surface area contributed by atoms with Gasteiger partial charge in [0.2, 0.25) is 5.91 Å². The molecule has 0 spiro atoms. The summed E-state index contributed by atoms with van der Waals surface area (Å²) >= 11 is 0. The van der Waals surface area contributed by atoms with E-state index >= 15 is 0 Å². The predicted octanol–water partition coefficient (Wildman–Crippen LogP) is 4.08. The van der Waals surface area contributed by atoms with E-state index in [2.05, 4.69) is 15.8 Å². The van der Waals surface area contributed by atoms with Crippen molar-refractivity contribution in [3.05, 3.63) is 54.4 Å². The van der Waals surface area contributed by atoms with Crippen LogP contribution in [0.25, 0.3) is 27.3 Å². The number of aryl methyl sites for hydroxylation is 1. The van der Waals surface area contributed by atoms with Gasteiger partial charge >= 0.3 is 0 Å². The Morgan fingerprint density at radius 1 is 1.21 bits per heavy atom. The summed E-state index contributed by atoms with van der Waals surface area (Å²) < 4.78 is 13.3. The average molecular weight is 389 g/mol. The molecule has 1 unspecified atom stereocenters. The first kappa shape index (κ1) is 18.1. The summed E-state index contributed by atoms with van der Waals surface area (Å²) in [5.41, 5.74) is 3.69. The van der Waals surface area contributed by atoms with E-state index in [0.29, 0.717) is 6.61 Å². The van der Waals surface area contributed by atoms with Crippen molar-refractivity contribution < 1.29 is 14.3 Å². The molecule has 1 aliphatic heterocycles. The molecule has 1 aliphatic rings. The van der Waals surface area contributed by atoms with Crippen LogP contribution in [0.3, 0.4) is 0 Å². The number of aromatic nitrogens is 2. The van der Waals surface area contributed by atoms with Crippen LogP contribution < -0.4 is 5.32 Å². The lowest BCUT2D eigenvalue weighted by atomic mass is 10.1. The lowest BCUT2D eigenvalue weighted by Gasteiger charge is -2.11. The van der Waals surface area contributed by atoms with E-state index in [0.717, 1.165) is 58.3 Å². The minimum absolute atomic E-state index is 0.00747. The molecule has 6 nitrogen and oxygen atoms in total. The third-order valence-electron chi connectivity index (χ3n) is 5.47. The van der Waals surface area contributed by atoms with Crippen LogP contribution in [0, 0.1) is 6.92 Å². The molecule has 3 heterocycles. The summed E-state index contributed by atoms with van der Waals surface area (Å²) in [6.45, 7) is 3.23. The van der Waals surface area contributed by atoms with Gasteiger partial charge in [-0.25, -0.2) is 4.98 Å². The highest BCUT2D eigenvalue weighted by molar-refractivity contribution is 6.16. The maximum Gasteiger partial charge on any atom is 0.250 e. The molecule has 148 valence electrons. The Morgan fingerprint density at radius 2 is 2.00 bits per heavy atom. The standard InChI is InChI=1S/C23H23N3O3/c1-15-24-19-10-4-2-8-17(19)23-22(18-9-3-5-11-20(18)26(15)23)25-21(27)14-28-13-16-7-6-12-29-16/h2-5,8-11,16H,6-7,12-14H2,1H3,(H,25,27). The van der Waals surface area contributed by atoms with Crippen LogP contribution in [-0.4, -0.2) is 41.2 Å². The quantitative estimate of drug-likeness (QED) is 0.559. The molecule has 1 N–H and O–H groups in total. The number of carbonyl (C=O) groups excluding carboxylic acids is 1. The van der Waals surface area contributed by atoms with E-state index < -0.39 is 0 Å². The highest BCUT2D eigenvalue weighted by atomic mass is 16.5. The Morgan fingerprint density at radius 3 is 2.83 bits per heavy atom. The molecular weight excluding hydrogens is 366 g/mol. The van der Waals surface area contributed by atoms with Crippen molar-refractivity contribution in [3.8, 4) is 0 Å². The lowest BCUT2D eigenvalue weighted by molar-refractivity contribution is -0.121. The smallest absolute Gasteiger partial charge is 0.250 e. The van der Waals surface area contributed by atoms with Crippen LogP contribution >= 0.6 is 0 Å². The Bertz CT molecular complexity index is 1210. The average Bonchev–Trinajstić information content (AvgIpc) is 3.35. The highest BCUT2D eigenvalue weighted by Crippen LogP contribution is 2.36. The monoisotopic (exact) mass is 389 g/mol. The fourth-order valence-electron chi connectivity index (χ4n) is 4.19. The first-order valence-electron chi connectivity index (χ1n) is 10.00. The van der Waals surface area contributed by atoms with Gasteiger partial charge in [-0.3, -0.25) is 9.20 Å². The number of carbonyl (C=O) groups is 1. The molecule has 0 bridgehead atoms. The molecule has 0 saturated carbocycles. The lowest BCUT2D eigenvalue weighted by Crippen LogP contribution is -2.22. The second-order valence-corrected chi connectivity index (χ2v) is 7.45. The molecule has 6 heteroatoms. The summed E-state index contributed by atoms with van der Waals surface area (Å²) in [5, 5.41) is 5.09. The van der Waals surface area contributed by atoms with Crippen LogP contribution in [0.4, 0.5) is 5.69 Å². The van der Waals surface area contributed by atoms with E-state index in [1.165, 1.54) is 0 Å². The first-order chi connectivity index (χ1) is 14.2. The van der Waals surface area contributed by atoms with Gasteiger partial charge in [0.1, 0.15) is 12.4 Å². The van der Waals surface area contributed by atoms with Gasteiger partial charge in [0.15, 0.2) is 0 Å². The van der Waals surface area contributed by atoms with E-state index in [1.54, 1.807) is 0 Å². The van der Waals surface area contributed by atoms with Crippen molar-refractivity contribution in [3.63, 3.8) is 0 Å².